The SMILES string of the molecule is [CH2]C#CCCCCCCCCCCCCCCCCCC[CH2]. The maximum Gasteiger partial charge on any atom is 0.0198 e. The van der Waals surface area contributed by atoms with Crippen molar-refractivity contribution in [3.63, 3.8) is 0 Å². The summed E-state index contributed by atoms with van der Waals surface area (Å²) in [7, 11) is 0. The molecule has 0 atom stereocenters. The molecule has 0 aromatic carbocycles. The summed E-state index contributed by atoms with van der Waals surface area (Å²) in [6.07, 6.45) is 24.8. The Hall–Kier alpha value is -0.440. The molecule has 0 spiro atoms. The minimum atomic E-state index is 1.04. The zero-order chi connectivity index (χ0) is 16.1. The summed E-state index contributed by atoms with van der Waals surface area (Å²) in [6, 6.07) is 0. The van der Waals surface area contributed by atoms with Crippen LogP contribution in [0.5, 0.6) is 0 Å². The van der Waals surface area contributed by atoms with Gasteiger partial charge in [-0.05, 0) is 6.42 Å². The van der Waals surface area contributed by atoms with E-state index in [-0.39, 0.29) is 0 Å². The van der Waals surface area contributed by atoms with Crippen LogP contribution in [0.3, 0.4) is 0 Å². The second kappa shape index (κ2) is 20.6. The molecule has 0 aromatic rings. The van der Waals surface area contributed by atoms with Gasteiger partial charge in [-0.2, -0.15) is 0 Å². The molecule has 128 valence electrons. The van der Waals surface area contributed by atoms with Gasteiger partial charge in [-0.25, -0.2) is 0 Å². The summed E-state index contributed by atoms with van der Waals surface area (Å²) in [4.78, 5) is 0. The van der Waals surface area contributed by atoms with Crippen LogP contribution in [0.2, 0.25) is 0 Å². The van der Waals surface area contributed by atoms with Crippen LogP contribution >= 0.6 is 0 Å². The van der Waals surface area contributed by atoms with Crippen LogP contribution in [-0.2, 0) is 0 Å². The lowest BCUT2D eigenvalue weighted by molar-refractivity contribution is 0.529. The third-order valence-corrected chi connectivity index (χ3v) is 4.43. The summed E-state index contributed by atoms with van der Waals surface area (Å²) in [5, 5.41) is 0. The number of rotatable bonds is 17. The van der Waals surface area contributed by atoms with Gasteiger partial charge in [-0.1, -0.05) is 110 Å². The minimum absolute atomic E-state index is 1.04. The third-order valence-electron chi connectivity index (χ3n) is 4.43. The van der Waals surface area contributed by atoms with Crippen molar-refractivity contribution >= 4 is 0 Å². The molecule has 0 aromatic heterocycles. The molecule has 0 saturated carbocycles. The molecule has 0 heterocycles. The highest BCUT2D eigenvalue weighted by molar-refractivity contribution is 5.00. The van der Waals surface area contributed by atoms with Crippen LogP contribution in [-0.4, -0.2) is 0 Å². The maximum atomic E-state index is 3.89. The first kappa shape index (κ1) is 21.6. The zero-order valence-corrected chi connectivity index (χ0v) is 15.1. The van der Waals surface area contributed by atoms with E-state index >= 15 is 0 Å². The first-order valence-electron chi connectivity index (χ1n) is 9.96. The monoisotopic (exact) mass is 304 g/mol. The van der Waals surface area contributed by atoms with Crippen LogP contribution in [0.15, 0.2) is 0 Å². The van der Waals surface area contributed by atoms with Crippen molar-refractivity contribution in [1.82, 2.24) is 0 Å². The Kier molecular flexibility index (Phi) is 20.1. The van der Waals surface area contributed by atoms with Crippen molar-refractivity contribution in [3.05, 3.63) is 13.8 Å². The Bertz CT molecular complexity index is 242. The van der Waals surface area contributed by atoms with Gasteiger partial charge in [0.25, 0.3) is 0 Å². The van der Waals surface area contributed by atoms with Gasteiger partial charge in [-0.3, -0.25) is 0 Å². The molecular weight excluding hydrogens is 264 g/mol. The van der Waals surface area contributed by atoms with E-state index in [1.54, 1.807) is 0 Å². The Morgan fingerprint density at radius 3 is 1.09 bits per heavy atom. The van der Waals surface area contributed by atoms with Gasteiger partial charge >= 0.3 is 0 Å². The maximum absolute atomic E-state index is 3.89. The molecule has 0 heteroatoms. The highest BCUT2D eigenvalue weighted by Gasteiger charge is 1.94. The predicted octanol–water partition coefficient (Wildman–Crippen LogP) is 7.68. The quantitative estimate of drug-likeness (QED) is 0.191. The zero-order valence-electron chi connectivity index (χ0n) is 15.1. The average Bonchev–Trinajstić information content (AvgIpc) is 2.54. The van der Waals surface area contributed by atoms with Crippen molar-refractivity contribution in [3.8, 4) is 11.8 Å². The molecule has 0 aliphatic carbocycles. The molecule has 0 N–H and O–H groups in total. The molecule has 0 unspecified atom stereocenters. The van der Waals surface area contributed by atoms with Gasteiger partial charge in [0.15, 0.2) is 0 Å². The molecule has 0 rings (SSSR count). The van der Waals surface area contributed by atoms with E-state index in [2.05, 4.69) is 25.7 Å². The van der Waals surface area contributed by atoms with E-state index in [9.17, 15) is 0 Å². The van der Waals surface area contributed by atoms with Gasteiger partial charge in [-0.15, -0.1) is 11.8 Å². The van der Waals surface area contributed by atoms with E-state index < -0.39 is 0 Å². The largest absolute Gasteiger partial charge is 0.103 e. The lowest BCUT2D eigenvalue weighted by Gasteiger charge is -2.03. The van der Waals surface area contributed by atoms with Gasteiger partial charge in [0.05, 0.1) is 0 Å². The number of hydrogen-bond acceptors (Lipinski definition) is 0. The van der Waals surface area contributed by atoms with Crippen LogP contribution in [0.4, 0.5) is 0 Å². The van der Waals surface area contributed by atoms with Crippen molar-refractivity contribution in [2.24, 2.45) is 0 Å². The molecule has 2 radical (unpaired) electrons. The second-order valence-electron chi connectivity index (χ2n) is 6.61. The van der Waals surface area contributed by atoms with Crippen molar-refractivity contribution in [1.29, 1.82) is 0 Å². The van der Waals surface area contributed by atoms with Crippen LogP contribution in [0.1, 0.15) is 116 Å². The summed E-state index contributed by atoms with van der Waals surface area (Å²) < 4.78 is 0. The molecule has 22 heavy (non-hydrogen) atoms. The van der Waals surface area contributed by atoms with E-state index in [0.717, 1.165) is 12.8 Å². The Morgan fingerprint density at radius 1 is 0.455 bits per heavy atom. The molecule has 0 nitrogen and oxygen atoms in total. The standard InChI is InChI=1S/C22H40/c1-3-5-7-9-11-13-15-17-19-21-22-20-18-16-14-12-10-8-6-4-2/h1-3,5,7-22H2. The smallest absolute Gasteiger partial charge is 0.0198 e. The molecule has 0 aliphatic heterocycles. The summed E-state index contributed by atoms with van der Waals surface area (Å²) >= 11 is 0. The van der Waals surface area contributed by atoms with E-state index in [0.29, 0.717) is 0 Å². The molecular formula is C22H40. The van der Waals surface area contributed by atoms with Crippen LogP contribution in [0.25, 0.3) is 0 Å². The fourth-order valence-corrected chi connectivity index (χ4v) is 2.95. The van der Waals surface area contributed by atoms with Crippen molar-refractivity contribution < 1.29 is 0 Å². The Balaban J connectivity index is 2.95. The fourth-order valence-electron chi connectivity index (χ4n) is 2.95. The predicted molar refractivity (Wildman–Crippen MR) is 102 cm³/mol. The highest BCUT2D eigenvalue weighted by atomic mass is 14.0. The molecule has 0 saturated heterocycles. The van der Waals surface area contributed by atoms with Crippen molar-refractivity contribution in [2.75, 3.05) is 0 Å². The average molecular weight is 305 g/mol. The lowest BCUT2D eigenvalue weighted by Crippen LogP contribution is -1.83. The van der Waals surface area contributed by atoms with Crippen LogP contribution in [0, 0.1) is 25.7 Å². The van der Waals surface area contributed by atoms with Crippen LogP contribution < -0.4 is 0 Å². The summed E-state index contributed by atoms with van der Waals surface area (Å²) in [6.45, 7) is 7.43. The summed E-state index contributed by atoms with van der Waals surface area (Å²) in [5.41, 5.74) is 0. The van der Waals surface area contributed by atoms with E-state index in [4.69, 9.17) is 0 Å². The topological polar surface area (TPSA) is 0 Å². The molecule has 0 amide bonds. The van der Waals surface area contributed by atoms with Gasteiger partial charge < -0.3 is 0 Å². The first-order valence-corrected chi connectivity index (χ1v) is 9.96. The van der Waals surface area contributed by atoms with Crippen molar-refractivity contribution in [2.45, 2.75) is 116 Å². The Morgan fingerprint density at radius 2 is 0.773 bits per heavy atom. The Labute approximate surface area is 141 Å². The summed E-state index contributed by atoms with van der Waals surface area (Å²) in [5.74, 6) is 5.76. The molecule has 0 bridgehead atoms. The van der Waals surface area contributed by atoms with E-state index in [1.165, 1.54) is 103 Å². The van der Waals surface area contributed by atoms with Gasteiger partial charge in [0.2, 0.25) is 0 Å². The number of unbranched alkanes of at least 4 members (excludes halogenated alkanes) is 17. The highest BCUT2D eigenvalue weighted by Crippen LogP contribution is 2.14. The fraction of sp³-hybridized carbons (Fsp3) is 0.818. The lowest BCUT2D eigenvalue weighted by atomic mass is 10.0. The molecule has 0 fully saturated rings. The van der Waals surface area contributed by atoms with Gasteiger partial charge in [0, 0.05) is 13.3 Å². The number of hydrogen-bond donors (Lipinski definition) is 0. The van der Waals surface area contributed by atoms with E-state index in [1.807, 2.05) is 0 Å². The minimum Gasteiger partial charge on any atom is -0.103 e. The second-order valence-corrected chi connectivity index (χ2v) is 6.61. The third kappa shape index (κ3) is 19.6. The van der Waals surface area contributed by atoms with Gasteiger partial charge in [0.1, 0.15) is 0 Å². The normalized spacial score (nSPS) is 10.5. The molecule has 0 aliphatic rings. The first-order chi connectivity index (χ1) is 10.9.